The van der Waals surface area contributed by atoms with Gasteiger partial charge in [-0.1, -0.05) is 24.6 Å². The van der Waals surface area contributed by atoms with Crippen molar-refractivity contribution in [2.24, 2.45) is 0 Å². The van der Waals surface area contributed by atoms with E-state index >= 15 is 0 Å². The lowest BCUT2D eigenvalue weighted by atomic mass is 9.90. The molecule has 1 aliphatic rings. The molecule has 0 bridgehead atoms. The predicted molar refractivity (Wildman–Crippen MR) is 80.1 cm³/mol. The Balaban J connectivity index is 2.09. The average Bonchev–Trinajstić information content (AvgIpc) is 2.94. The van der Waals surface area contributed by atoms with Crippen molar-refractivity contribution in [2.45, 2.75) is 43.8 Å². The molecule has 0 radical (unpaired) electrons. The maximum absolute atomic E-state index is 13.2. The summed E-state index contributed by atoms with van der Waals surface area (Å²) >= 11 is 0. The monoisotopic (exact) mass is 330 g/mol. The third-order valence-electron chi connectivity index (χ3n) is 4.12. The van der Waals surface area contributed by atoms with Gasteiger partial charge in [-0.2, -0.15) is 13.2 Å². The zero-order valence-electron chi connectivity index (χ0n) is 12.7. The highest BCUT2D eigenvalue weighted by atomic mass is 19.4. The van der Waals surface area contributed by atoms with Gasteiger partial charge in [0, 0.05) is 25.1 Å². The minimum atomic E-state index is -4.40. The second-order valence-corrected chi connectivity index (χ2v) is 5.71. The van der Waals surface area contributed by atoms with E-state index in [0.29, 0.717) is 25.8 Å². The number of urea groups is 1. The van der Waals surface area contributed by atoms with E-state index in [0.717, 1.165) is 12.5 Å². The summed E-state index contributed by atoms with van der Waals surface area (Å²) in [5.41, 5.74) is -0.377. The van der Waals surface area contributed by atoms with Crippen molar-refractivity contribution in [3.8, 4) is 0 Å². The molecule has 4 nitrogen and oxygen atoms in total. The molecule has 2 atom stereocenters. The van der Waals surface area contributed by atoms with Crippen LogP contribution < -0.4 is 10.6 Å². The lowest BCUT2D eigenvalue weighted by Crippen LogP contribution is -2.43. The lowest BCUT2D eigenvalue weighted by Gasteiger charge is -2.24. The Labute approximate surface area is 133 Å². The molecule has 0 saturated heterocycles. The largest absolute Gasteiger partial charge is 0.416 e. The summed E-state index contributed by atoms with van der Waals surface area (Å²) in [5.74, 6) is -0.337. The van der Waals surface area contributed by atoms with Gasteiger partial charge in [0.2, 0.25) is 0 Å². The first-order valence-corrected chi connectivity index (χ1v) is 7.75. The van der Waals surface area contributed by atoms with Crippen molar-refractivity contribution >= 4 is 6.03 Å². The first kappa shape index (κ1) is 17.6. The third-order valence-corrected chi connectivity index (χ3v) is 4.12. The van der Waals surface area contributed by atoms with Crippen LogP contribution in [0.1, 0.15) is 42.7 Å². The first-order chi connectivity index (χ1) is 10.9. The zero-order valence-corrected chi connectivity index (χ0v) is 12.7. The number of aliphatic hydroxyl groups is 1. The molecule has 1 saturated carbocycles. The predicted octanol–water partition coefficient (Wildman–Crippen LogP) is 3.02. The summed E-state index contributed by atoms with van der Waals surface area (Å²) in [4.78, 5) is 11.8. The summed E-state index contributed by atoms with van der Waals surface area (Å²) in [6.45, 7) is 0.310. The number of benzene rings is 1. The number of carbonyl (C=O) groups excluding carboxylic acids is 1. The maximum Gasteiger partial charge on any atom is 0.416 e. The SMILES string of the molecule is O=C(NCCCO)NC1CCCC1c1ccccc1C(F)(F)F. The van der Waals surface area contributed by atoms with Crippen LogP contribution in [0.4, 0.5) is 18.0 Å². The van der Waals surface area contributed by atoms with E-state index in [1.807, 2.05) is 0 Å². The molecular weight excluding hydrogens is 309 g/mol. The van der Waals surface area contributed by atoms with Gasteiger partial charge >= 0.3 is 12.2 Å². The van der Waals surface area contributed by atoms with E-state index < -0.39 is 17.8 Å². The molecule has 1 fully saturated rings. The van der Waals surface area contributed by atoms with Crippen molar-refractivity contribution in [1.82, 2.24) is 10.6 Å². The van der Waals surface area contributed by atoms with Crippen LogP contribution in [0, 0.1) is 0 Å². The van der Waals surface area contributed by atoms with Crippen LogP contribution in [0.25, 0.3) is 0 Å². The fraction of sp³-hybridized carbons (Fsp3) is 0.562. The van der Waals surface area contributed by atoms with Gasteiger partial charge in [-0.3, -0.25) is 0 Å². The number of hydrogen-bond donors (Lipinski definition) is 3. The molecule has 23 heavy (non-hydrogen) atoms. The maximum atomic E-state index is 13.2. The van der Waals surface area contributed by atoms with Crippen molar-refractivity contribution in [3.63, 3.8) is 0 Å². The Morgan fingerprint density at radius 1 is 1.26 bits per heavy atom. The smallest absolute Gasteiger partial charge is 0.396 e. The van der Waals surface area contributed by atoms with Crippen LogP contribution in [0.5, 0.6) is 0 Å². The zero-order chi connectivity index (χ0) is 16.9. The minimum absolute atomic E-state index is 0.0225. The molecule has 0 heterocycles. The Morgan fingerprint density at radius 3 is 2.70 bits per heavy atom. The summed E-state index contributed by atoms with van der Waals surface area (Å²) in [6.07, 6.45) is -1.90. The van der Waals surface area contributed by atoms with Crippen LogP contribution in [0.15, 0.2) is 24.3 Å². The van der Waals surface area contributed by atoms with E-state index in [4.69, 9.17) is 5.11 Å². The molecule has 2 unspecified atom stereocenters. The van der Waals surface area contributed by atoms with Crippen LogP contribution >= 0.6 is 0 Å². The first-order valence-electron chi connectivity index (χ1n) is 7.75. The molecule has 1 aromatic rings. The fourth-order valence-corrected chi connectivity index (χ4v) is 3.08. The molecule has 0 aliphatic heterocycles. The molecular formula is C16H21F3N2O2. The number of hydrogen-bond acceptors (Lipinski definition) is 2. The van der Waals surface area contributed by atoms with Gasteiger partial charge in [0.15, 0.2) is 0 Å². The standard InChI is InChI=1S/C16H21F3N2O2/c17-16(18,19)13-7-2-1-5-11(13)12-6-3-8-14(12)21-15(23)20-9-4-10-22/h1-2,5,7,12,14,22H,3-4,6,8-10H2,(H2,20,21,23). The fourth-order valence-electron chi connectivity index (χ4n) is 3.08. The Morgan fingerprint density at radius 2 is 2.00 bits per heavy atom. The highest BCUT2D eigenvalue weighted by Gasteiger charge is 2.38. The molecule has 2 rings (SSSR count). The second-order valence-electron chi connectivity index (χ2n) is 5.71. The Kier molecular flexibility index (Phi) is 5.87. The number of nitrogens with one attached hydrogen (secondary N) is 2. The van der Waals surface area contributed by atoms with Gasteiger partial charge in [-0.25, -0.2) is 4.79 Å². The molecule has 3 N–H and O–H groups in total. The summed E-state index contributed by atoms with van der Waals surface area (Å²) < 4.78 is 39.5. The molecule has 1 aliphatic carbocycles. The number of amides is 2. The van der Waals surface area contributed by atoms with Crippen LogP contribution in [0.3, 0.4) is 0 Å². The summed E-state index contributed by atoms with van der Waals surface area (Å²) in [6, 6.07) is 4.85. The van der Waals surface area contributed by atoms with Gasteiger partial charge in [0.25, 0.3) is 0 Å². The van der Waals surface area contributed by atoms with Gasteiger partial charge < -0.3 is 15.7 Å². The van der Waals surface area contributed by atoms with Crippen molar-refractivity contribution in [2.75, 3.05) is 13.2 Å². The number of rotatable bonds is 5. The summed E-state index contributed by atoms with van der Waals surface area (Å²) in [7, 11) is 0. The van der Waals surface area contributed by atoms with Gasteiger partial charge in [0.05, 0.1) is 5.56 Å². The number of halogens is 3. The van der Waals surface area contributed by atoms with E-state index in [-0.39, 0.29) is 24.1 Å². The van der Waals surface area contributed by atoms with Crippen molar-refractivity contribution in [1.29, 1.82) is 0 Å². The van der Waals surface area contributed by atoms with E-state index in [1.54, 1.807) is 6.07 Å². The van der Waals surface area contributed by atoms with Crippen LogP contribution in [-0.4, -0.2) is 30.3 Å². The second kappa shape index (κ2) is 7.68. The average molecular weight is 330 g/mol. The number of aliphatic hydroxyl groups excluding tert-OH is 1. The van der Waals surface area contributed by atoms with Crippen molar-refractivity contribution in [3.05, 3.63) is 35.4 Å². The molecule has 2 amide bonds. The van der Waals surface area contributed by atoms with Crippen LogP contribution in [0.2, 0.25) is 0 Å². The van der Waals surface area contributed by atoms with Gasteiger partial charge in [0.1, 0.15) is 0 Å². The topological polar surface area (TPSA) is 61.4 Å². The van der Waals surface area contributed by atoms with E-state index in [2.05, 4.69) is 10.6 Å². The third kappa shape index (κ3) is 4.60. The molecule has 0 aromatic heterocycles. The Bertz CT molecular complexity index is 534. The Hall–Kier alpha value is -1.76. The lowest BCUT2D eigenvalue weighted by molar-refractivity contribution is -0.138. The minimum Gasteiger partial charge on any atom is -0.396 e. The number of alkyl halides is 3. The molecule has 7 heteroatoms. The molecule has 1 aromatic carbocycles. The van der Waals surface area contributed by atoms with Gasteiger partial charge in [-0.05, 0) is 30.9 Å². The molecule has 0 spiro atoms. The quantitative estimate of drug-likeness (QED) is 0.727. The highest BCUT2D eigenvalue weighted by molar-refractivity contribution is 5.74. The normalized spacial score (nSPS) is 21.2. The van der Waals surface area contributed by atoms with Crippen molar-refractivity contribution < 1.29 is 23.1 Å². The van der Waals surface area contributed by atoms with Crippen LogP contribution in [-0.2, 0) is 6.18 Å². The summed E-state index contributed by atoms with van der Waals surface area (Å²) in [5, 5.41) is 14.0. The molecule has 128 valence electrons. The number of carbonyl (C=O) groups is 1. The van der Waals surface area contributed by atoms with E-state index in [9.17, 15) is 18.0 Å². The highest BCUT2D eigenvalue weighted by Crippen LogP contribution is 2.41. The van der Waals surface area contributed by atoms with E-state index in [1.165, 1.54) is 12.1 Å². The van der Waals surface area contributed by atoms with Gasteiger partial charge in [-0.15, -0.1) is 0 Å².